The second-order valence-electron chi connectivity index (χ2n) is 8.12. The predicted molar refractivity (Wildman–Crippen MR) is 122 cm³/mol. The second kappa shape index (κ2) is 8.91. The molecule has 1 N–H and O–H groups in total. The molecule has 0 amide bonds. The average molecular weight is 447 g/mol. The highest BCUT2D eigenvalue weighted by Crippen LogP contribution is 2.43. The smallest absolute Gasteiger partial charge is 0.324 e. The molecule has 0 radical (unpaired) electrons. The monoisotopic (exact) mass is 447 g/mol. The molecule has 1 fully saturated rings. The van der Waals surface area contributed by atoms with Crippen LogP contribution in [-0.2, 0) is 19.1 Å². The summed E-state index contributed by atoms with van der Waals surface area (Å²) in [5, 5.41) is 0.888. The van der Waals surface area contributed by atoms with E-state index in [-0.39, 0.29) is 6.61 Å². The fourth-order valence-corrected chi connectivity index (χ4v) is 4.13. The van der Waals surface area contributed by atoms with E-state index >= 15 is 0 Å². The zero-order valence-corrected chi connectivity index (χ0v) is 18.7. The highest BCUT2D eigenvalue weighted by atomic mass is 16.7. The number of benzene rings is 2. The third-order valence-electron chi connectivity index (χ3n) is 5.43. The van der Waals surface area contributed by atoms with E-state index in [9.17, 15) is 9.59 Å². The van der Waals surface area contributed by atoms with Crippen LogP contribution in [0.1, 0.15) is 37.8 Å². The number of carbonyl (C=O) groups is 2. The Morgan fingerprint density at radius 3 is 2.52 bits per heavy atom. The van der Waals surface area contributed by atoms with Crippen LogP contribution in [0.15, 0.2) is 48.7 Å². The number of terminal acetylenes is 1. The van der Waals surface area contributed by atoms with Crippen molar-refractivity contribution in [1.29, 1.82) is 0 Å². The van der Waals surface area contributed by atoms with Crippen LogP contribution < -0.4 is 9.47 Å². The summed E-state index contributed by atoms with van der Waals surface area (Å²) in [6.07, 6.45) is 7.13. The summed E-state index contributed by atoms with van der Waals surface area (Å²) in [6, 6.07) is 13.0. The molecule has 1 aliphatic rings. The zero-order chi connectivity index (χ0) is 23.6. The molecule has 4 rings (SSSR count). The Morgan fingerprint density at radius 1 is 1.09 bits per heavy atom. The molecule has 7 heteroatoms. The molecule has 1 aliphatic heterocycles. The van der Waals surface area contributed by atoms with Gasteiger partial charge in [0.15, 0.2) is 17.4 Å². The normalized spacial score (nSPS) is 16.5. The van der Waals surface area contributed by atoms with E-state index in [1.165, 1.54) is 13.8 Å². The standard InChI is InChI=1S/C26H25NO6/c1-5-13-31-20-12-11-16(14-21(20)30-6-2)22(18-15-27-19-10-8-7-9-17(18)19)23-24(28)32-26(3,4)33-25(23)29/h1,7-12,14-15,22-23,27H,6,13H2,2-4H3/t22-/m1/s1. The van der Waals surface area contributed by atoms with Crippen LogP contribution in [-0.4, -0.2) is 35.9 Å². The molecule has 2 aromatic carbocycles. The van der Waals surface area contributed by atoms with Crippen molar-refractivity contribution in [1.82, 2.24) is 4.98 Å². The Kier molecular flexibility index (Phi) is 6.01. The first kappa shape index (κ1) is 22.3. The van der Waals surface area contributed by atoms with E-state index < -0.39 is 29.6 Å². The molecule has 1 saturated heterocycles. The number of para-hydroxylation sites is 1. The Bertz CT molecular complexity index is 1220. The lowest BCUT2D eigenvalue weighted by molar-refractivity contribution is -0.240. The number of esters is 2. The number of fused-ring (bicyclic) bond motifs is 1. The van der Waals surface area contributed by atoms with Crippen molar-refractivity contribution in [3.8, 4) is 23.8 Å². The van der Waals surface area contributed by atoms with Gasteiger partial charge in [-0.15, -0.1) is 6.42 Å². The maximum atomic E-state index is 13.1. The van der Waals surface area contributed by atoms with E-state index in [2.05, 4.69) is 10.9 Å². The van der Waals surface area contributed by atoms with Crippen LogP contribution in [0.2, 0.25) is 0 Å². The minimum atomic E-state index is -1.32. The first-order valence-corrected chi connectivity index (χ1v) is 10.7. The number of nitrogens with one attached hydrogen (secondary N) is 1. The predicted octanol–water partition coefficient (Wildman–Crippen LogP) is 4.16. The largest absolute Gasteiger partial charge is 0.490 e. The highest BCUT2D eigenvalue weighted by molar-refractivity contribution is 5.99. The van der Waals surface area contributed by atoms with Gasteiger partial charge in [-0.3, -0.25) is 9.59 Å². The molecule has 170 valence electrons. The van der Waals surface area contributed by atoms with Crippen molar-refractivity contribution >= 4 is 22.8 Å². The summed E-state index contributed by atoms with van der Waals surface area (Å²) < 4.78 is 22.3. The SMILES string of the molecule is C#CCOc1ccc([C@H](c2c[nH]c3ccccc23)C2C(=O)OC(C)(C)OC2=O)cc1OCC. The zero-order valence-electron chi connectivity index (χ0n) is 18.7. The van der Waals surface area contributed by atoms with Gasteiger partial charge in [0.05, 0.1) is 6.61 Å². The van der Waals surface area contributed by atoms with E-state index in [0.717, 1.165) is 16.5 Å². The molecule has 0 unspecified atom stereocenters. The lowest BCUT2D eigenvalue weighted by Gasteiger charge is -2.36. The maximum Gasteiger partial charge on any atom is 0.324 e. The number of rotatable bonds is 7. The third kappa shape index (κ3) is 4.37. The fourth-order valence-electron chi connectivity index (χ4n) is 4.13. The van der Waals surface area contributed by atoms with Gasteiger partial charge in [0.1, 0.15) is 6.61 Å². The molecule has 0 aliphatic carbocycles. The van der Waals surface area contributed by atoms with Gasteiger partial charge in [-0.05, 0) is 36.2 Å². The van der Waals surface area contributed by atoms with Gasteiger partial charge in [-0.25, -0.2) is 0 Å². The van der Waals surface area contributed by atoms with Crippen LogP contribution in [0.5, 0.6) is 11.5 Å². The molecule has 0 saturated carbocycles. The lowest BCUT2D eigenvalue weighted by Crippen LogP contribution is -2.48. The average Bonchev–Trinajstić information content (AvgIpc) is 3.18. The number of hydrogen-bond donors (Lipinski definition) is 1. The maximum absolute atomic E-state index is 13.1. The van der Waals surface area contributed by atoms with Crippen molar-refractivity contribution in [3.05, 3.63) is 59.8 Å². The van der Waals surface area contributed by atoms with Crippen LogP contribution in [0.25, 0.3) is 10.9 Å². The van der Waals surface area contributed by atoms with Gasteiger partial charge >= 0.3 is 11.9 Å². The Morgan fingerprint density at radius 2 is 1.82 bits per heavy atom. The summed E-state index contributed by atoms with van der Waals surface area (Å²) in [5.74, 6) is -1.10. The summed E-state index contributed by atoms with van der Waals surface area (Å²) >= 11 is 0. The van der Waals surface area contributed by atoms with Crippen molar-refractivity contribution in [2.45, 2.75) is 32.5 Å². The molecule has 0 bridgehead atoms. The highest BCUT2D eigenvalue weighted by Gasteiger charge is 2.48. The van der Waals surface area contributed by atoms with Crippen molar-refractivity contribution in [3.63, 3.8) is 0 Å². The number of carbonyl (C=O) groups excluding carboxylic acids is 2. The number of H-pyrrole nitrogens is 1. The van der Waals surface area contributed by atoms with Crippen molar-refractivity contribution in [2.75, 3.05) is 13.2 Å². The van der Waals surface area contributed by atoms with Gasteiger partial charge in [-0.2, -0.15) is 0 Å². The van der Waals surface area contributed by atoms with E-state index in [1.807, 2.05) is 31.2 Å². The van der Waals surface area contributed by atoms with Crippen LogP contribution in [0.4, 0.5) is 0 Å². The van der Waals surface area contributed by atoms with Gasteiger partial charge < -0.3 is 23.9 Å². The topological polar surface area (TPSA) is 86.9 Å². The van der Waals surface area contributed by atoms with E-state index in [1.54, 1.807) is 24.4 Å². The lowest BCUT2D eigenvalue weighted by atomic mass is 9.80. The Labute approximate surface area is 192 Å². The van der Waals surface area contributed by atoms with Crippen LogP contribution >= 0.6 is 0 Å². The quantitative estimate of drug-likeness (QED) is 0.332. The minimum Gasteiger partial charge on any atom is -0.490 e. The molecule has 1 atom stereocenters. The van der Waals surface area contributed by atoms with E-state index in [0.29, 0.717) is 23.7 Å². The molecular weight excluding hydrogens is 422 g/mol. The molecule has 7 nitrogen and oxygen atoms in total. The number of hydrogen-bond acceptors (Lipinski definition) is 6. The molecule has 1 aromatic heterocycles. The molecule has 33 heavy (non-hydrogen) atoms. The molecular formula is C26H25NO6. The number of cyclic esters (lactones) is 2. The van der Waals surface area contributed by atoms with Gasteiger partial charge in [0.2, 0.25) is 0 Å². The van der Waals surface area contributed by atoms with Gasteiger partial charge in [0.25, 0.3) is 5.79 Å². The second-order valence-corrected chi connectivity index (χ2v) is 8.12. The Balaban J connectivity index is 1.87. The minimum absolute atomic E-state index is 0.0850. The van der Waals surface area contributed by atoms with Crippen LogP contribution in [0.3, 0.4) is 0 Å². The number of aromatic nitrogens is 1. The summed E-state index contributed by atoms with van der Waals surface area (Å²) in [7, 11) is 0. The van der Waals surface area contributed by atoms with Gasteiger partial charge in [-0.1, -0.05) is 30.2 Å². The molecule has 0 spiro atoms. The van der Waals surface area contributed by atoms with Crippen molar-refractivity contribution in [2.24, 2.45) is 5.92 Å². The summed E-state index contributed by atoms with van der Waals surface area (Å²) in [4.78, 5) is 29.4. The number of aromatic amines is 1. The first-order valence-electron chi connectivity index (χ1n) is 10.7. The van der Waals surface area contributed by atoms with Gasteiger partial charge in [0, 0.05) is 36.9 Å². The molecule has 2 heterocycles. The molecule has 3 aromatic rings. The number of ether oxygens (including phenoxy) is 4. The first-order chi connectivity index (χ1) is 15.8. The summed E-state index contributed by atoms with van der Waals surface area (Å²) in [5.41, 5.74) is 2.33. The Hall–Kier alpha value is -3.92. The van der Waals surface area contributed by atoms with E-state index in [4.69, 9.17) is 25.4 Å². The van der Waals surface area contributed by atoms with Crippen molar-refractivity contribution < 1.29 is 28.5 Å². The van der Waals surface area contributed by atoms with Crippen LogP contribution in [0, 0.1) is 18.3 Å². The fraction of sp³-hybridized carbons (Fsp3) is 0.308. The summed E-state index contributed by atoms with van der Waals surface area (Å²) in [6.45, 7) is 5.40. The third-order valence-corrected chi connectivity index (χ3v) is 5.43.